The Morgan fingerprint density at radius 1 is 1.44 bits per heavy atom. The van der Waals surface area contributed by atoms with Gasteiger partial charge in [-0.1, -0.05) is 11.6 Å². The van der Waals surface area contributed by atoms with Gasteiger partial charge in [0.2, 0.25) is 0 Å². The maximum atomic E-state index is 12.6. The lowest BCUT2D eigenvalue weighted by Crippen LogP contribution is -2.46. The number of rotatable bonds is 6. The van der Waals surface area contributed by atoms with Crippen molar-refractivity contribution in [1.82, 2.24) is 4.90 Å². The summed E-state index contributed by atoms with van der Waals surface area (Å²) in [5.41, 5.74) is -0.561. The SMILES string of the molecule is CCN(C(=O)[C@@H](C)OC(=O)c1cc([N+](=O)[O-])ccc1Cl)[C@@H]1CCS(=O)(=O)C1. The normalized spacial score (nSPS) is 19.3. The van der Waals surface area contributed by atoms with Gasteiger partial charge in [0.15, 0.2) is 15.9 Å². The van der Waals surface area contributed by atoms with Crippen LogP contribution in [-0.4, -0.2) is 60.3 Å². The number of ether oxygens (including phenoxy) is 1. The molecule has 9 nitrogen and oxygen atoms in total. The number of hydrogen-bond acceptors (Lipinski definition) is 7. The number of non-ortho nitro benzene ring substituents is 1. The van der Waals surface area contributed by atoms with E-state index in [1.807, 2.05) is 0 Å². The number of amides is 1. The van der Waals surface area contributed by atoms with Crippen molar-refractivity contribution in [2.75, 3.05) is 18.1 Å². The lowest BCUT2D eigenvalue weighted by atomic mass is 10.2. The van der Waals surface area contributed by atoms with Crippen molar-refractivity contribution >= 4 is 39.0 Å². The molecule has 1 aromatic carbocycles. The van der Waals surface area contributed by atoms with Crippen molar-refractivity contribution in [1.29, 1.82) is 0 Å². The van der Waals surface area contributed by atoms with Gasteiger partial charge in [0, 0.05) is 24.7 Å². The van der Waals surface area contributed by atoms with Crippen molar-refractivity contribution in [3.63, 3.8) is 0 Å². The van der Waals surface area contributed by atoms with Crippen molar-refractivity contribution in [3.05, 3.63) is 38.9 Å². The molecular weight excluding hydrogens is 400 g/mol. The van der Waals surface area contributed by atoms with E-state index < -0.39 is 38.8 Å². The summed E-state index contributed by atoms with van der Waals surface area (Å²) < 4.78 is 28.4. The third-order valence-corrected chi connectivity index (χ3v) is 6.37. The molecular formula is C16H19ClN2O7S. The van der Waals surface area contributed by atoms with Gasteiger partial charge in [0.05, 0.1) is 27.0 Å². The molecule has 0 bridgehead atoms. The van der Waals surface area contributed by atoms with Gasteiger partial charge in [-0.2, -0.15) is 0 Å². The van der Waals surface area contributed by atoms with Crippen LogP contribution in [0.4, 0.5) is 5.69 Å². The second kappa shape index (κ2) is 8.22. The molecule has 148 valence electrons. The van der Waals surface area contributed by atoms with Crippen LogP contribution in [0.1, 0.15) is 30.6 Å². The number of nitro groups is 1. The first-order valence-electron chi connectivity index (χ1n) is 8.21. The first-order valence-corrected chi connectivity index (χ1v) is 10.4. The van der Waals surface area contributed by atoms with Gasteiger partial charge in [-0.15, -0.1) is 0 Å². The van der Waals surface area contributed by atoms with E-state index in [-0.39, 0.29) is 34.3 Å². The Labute approximate surface area is 161 Å². The fourth-order valence-corrected chi connectivity index (χ4v) is 4.83. The smallest absolute Gasteiger partial charge is 0.340 e. The third kappa shape index (κ3) is 4.95. The van der Waals surface area contributed by atoms with E-state index in [4.69, 9.17) is 16.3 Å². The number of carbonyl (C=O) groups excluding carboxylic acids is 2. The minimum absolute atomic E-state index is 0.0128. The van der Waals surface area contributed by atoms with Crippen LogP contribution in [0.3, 0.4) is 0 Å². The zero-order valence-electron chi connectivity index (χ0n) is 14.8. The van der Waals surface area contributed by atoms with Crippen LogP contribution in [0.2, 0.25) is 5.02 Å². The van der Waals surface area contributed by atoms with Gasteiger partial charge in [-0.3, -0.25) is 14.9 Å². The second-order valence-electron chi connectivity index (χ2n) is 6.15. The van der Waals surface area contributed by atoms with Gasteiger partial charge in [-0.05, 0) is 26.3 Å². The molecule has 2 rings (SSSR count). The number of benzene rings is 1. The topological polar surface area (TPSA) is 124 Å². The van der Waals surface area contributed by atoms with Crippen LogP contribution in [0.25, 0.3) is 0 Å². The fraction of sp³-hybridized carbons (Fsp3) is 0.500. The van der Waals surface area contributed by atoms with Crippen LogP contribution in [0.15, 0.2) is 18.2 Å². The first-order chi connectivity index (χ1) is 12.6. The highest BCUT2D eigenvalue weighted by Gasteiger charge is 2.36. The summed E-state index contributed by atoms with van der Waals surface area (Å²) in [4.78, 5) is 36.4. The minimum atomic E-state index is -3.18. The maximum absolute atomic E-state index is 12.6. The zero-order chi connectivity index (χ0) is 20.4. The highest BCUT2D eigenvalue weighted by atomic mass is 35.5. The number of nitrogens with zero attached hydrogens (tertiary/aromatic N) is 2. The molecule has 1 heterocycles. The summed E-state index contributed by atoms with van der Waals surface area (Å²) in [6.07, 6.45) is -0.865. The molecule has 0 saturated carbocycles. The number of hydrogen-bond donors (Lipinski definition) is 0. The largest absolute Gasteiger partial charge is 0.449 e. The molecule has 1 fully saturated rings. The van der Waals surface area contributed by atoms with E-state index in [1.54, 1.807) is 6.92 Å². The number of esters is 1. The summed E-state index contributed by atoms with van der Waals surface area (Å²) >= 11 is 5.90. The molecule has 1 amide bonds. The van der Waals surface area contributed by atoms with Gasteiger partial charge < -0.3 is 9.64 Å². The van der Waals surface area contributed by atoms with Crippen LogP contribution in [0, 0.1) is 10.1 Å². The summed E-state index contributed by atoms with van der Waals surface area (Å²) in [5, 5.41) is 10.8. The highest BCUT2D eigenvalue weighted by molar-refractivity contribution is 7.91. The Kier molecular flexibility index (Phi) is 6.42. The van der Waals surface area contributed by atoms with Crippen molar-refractivity contribution in [3.8, 4) is 0 Å². The molecule has 0 spiro atoms. The van der Waals surface area contributed by atoms with E-state index in [0.717, 1.165) is 12.1 Å². The zero-order valence-corrected chi connectivity index (χ0v) is 16.3. The molecule has 0 N–H and O–H groups in total. The Balaban J connectivity index is 2.12. The Bertz CT molecular complexity index is 872. The molecule has 1 aliphatic rings. The number of likely N-dealkylation sites (N-methyl/N-ethyl adjacent to an activating group) is 1. The van der Waals surface area contributed by atoms with Gasteiger partial charge in [0.1, 0.15) is 0 Å². The predicted octanol–water partition coefficient (Wildman–Crippen LogP) is 1.83. The molecule has 11 heteroatoms. The molecule has 0 aromatic heterocycles. The average Bonchev–Trinajstić information content (AvgIpc) is 2.95. The van der Waals surface area contributed by atoms with E-state index in [0.29, 0.717) is 6.42 Å². The van der Waals surface area contributed by atoms with E-state index >= 15 is 0 Å². The van der Waals surface area contributed by atoms with E-state index in [9.17, 15) is 28.1 Å². The Morgan fingerprint density at radius 3 is 2.63 bits per heavy atom. The Morgan fingerprint density at radius 2 is 2.11 bits per heavy atom. The van der Waals surface area contributed by atoms with E-state index in [1.165, 1.54) is 17.9 Å². The molecule has 0 radical (unpaired) electrons. The van der Waals surface area contributed by atoms with Crippen LogP contribution in [0.5, 0.6) is 0 Å². The monoisotopic (exact) mass is 418 g/mol. The number of sulfone groups is 1. The summed E-state index contributed by atoms with van der Waals surface area (Å²) in [6.45, 7) is 3.32. The molecule has 27 heavy (non-hydrogen) atoms. The molecule has 2 atom stereocenters. The molecule has 0 unspecified atom stereocenters. The lowest BCUT2D eigenvalue weighted by Gasteiger charge is -2.29. The van der Waals surface area contributed by atoms with Gasteiger partial charge in [0.25, 0.3) is 11.6 Å². The number of carbonyl (C=O) groups is 2. The van der Waals surface area contributed by atoms with Gasteiger partial charge in [-0.25, -0.2) is 13.2 Å². The predicted molar refractivity (Wildman–Crippen MR) is 97.4 cm³/mol. The summed E-state index contributed by atoms with van der Waals surface area (Å²) in [6, 6.07) is 2.86. The quantitative estimate of drug-likeness (QED) is 0.392. The summed E-state index contributed by atoms with van der Waals surface area (Å²) in [5.74, 6) is -1.61. The lowest BCUT2D eigenvalue weighted by molar-refractivity contribution is -0.384. The van der Waals surface area contributed by atoms with Crippen molar-refractivity contribution < 1.29 is 27.7 Å². The van der Waals surface area contributed by atoms with Crippen molar-refractivity contribution in [2.24, 2.45) is 0 Å². The average molecular weight is 419 g/mol. The maximum Gasteiger partial charge on any atom is 0.340 e. The molecule has 0 aliphatic carbocycles. The molecule has 1 aliphatic heterocycles. The standard InChI is InChI=1S/C16H19ClN2O7S/c1-3-18(12-6-7-27(24,25)9-12)15(20)10(2)26-16(21)13-8-11(19(22)23)4-5-14(13)17/h4-5,8,10,12H,3,6-7,9H2,1-2H3/t10-,12-/m1/s1. The Hall–Kier alpha value is -2.20. The first kappa shape index (κ1) is 21.1. The van der Waals surface area contributed by atoms with E-state index in [2.05, 4.69) is 0 Å². The summed E-state index contributed by atoms with van der Waals surface area (Å²) in [7, 11) is -3.18. The molecule has 1 saturated heterocycles. The van der Waals surface area contributed by atoms with Crippen LogP contribution < -0.4 is 0 Å². The number of nitro benzene ring substituents is 1. The van der Waals surface area contributed by atoms with Crippen LogP contribution >= 0.6 is 11.6 Å². The second-order valence-corrected chi connectivity index (χ2v) is 8.79. The van der Waals surface area contributed by atoms with Gasteiger partial charge >= 0.3 is 5.97 Å². The number of halogens is 1. The fourth-order valence-electron chi connectivity index (χ4n) is 2.91. The van der Waals surface area contributed by atoms with Crippen molar-refractivity contribution in [2.45, 2.75) is 32.4 Å². The van der Waals surface area contributed by atoms with Crippen LogP contribution in [-0.2, 0) is 19.4 Å². The molecule has 1 aromatic rings. The minimum Gasteiger partial charge on any atom is -0.449 e. The third-order valence-electron chi connectivity index (χ3n) is 4.29. The highest BCUT2D eigenvalue weighted by Crippen LogP contribution is 2.24.